The molecule has 14 heavy (non-hydrogen) atoms. The summed E-state index contributed by atoms with van der Waals surface area (Å²) in [5, 5.41) is 0.789. The van der Waals surface area contributed by atoms with E-state index in [1.54, 1.807) is 0 Å². The maximum absolute atomic E-state index is 5.84. The number of halogens is 1. The van der Waals surface area contributed by atoms with E-state index in [-0.39, 0.29) is 0 Å². The van der Waals surface area contributed by atoms with E-state index in [0.717, 1.165) is 17.2 Å². The van der Waals surface area contributed by atoms with Gasteiger partial charge in [0.05, 0.1) is 0 Å². The lowest BCUT2D eigenvalue weighted by atomic mass is 10.0. The monoisotopic (exact) mass is 229 g/mol. The second kappa shape index (κ2) is 5.64. The summed E-state index contributed by atoms with van der Waals surface area (Å²) < 4.78 is 0. The van der Waals surface area contributed by atoms with Gasteiger partial charge in [-0.2, -0.15) is 12.6 Å². The molecule has 0 aliphatic carbocycles. The molecule has 0 bridgehead atoms. The molecule has 1 unspecified atom stereocenters. The molecule has 1 aromatic carbocycles. The maximum Gasteiger partial charge on any atom is 0.0406 e. The lowest BCUT2D eigenvalue weighted by Gasteiger charge is -2.24. The fourth-order valence-corrected chi connectivity index (χ4v) is 1.90. The van der Waals surface area contributed by atoms with E-state index in [2.05, 4.69) is 43.8 Å². The molecule has 1 aromatic rings. The van der Waals surface area contributed by atoms with Crippen molar-refractivity contribution in [3.05, 3.63) is 34.9 Å². The van der Waals surface area contributed by atoms with Crippen LogP contribution in [0.3, 0.4) is 0 Å². The van der Waals surface area contributed by atoms with Crippen molar-refractivity contribution in [3.63, 3.8) is 0 Å². The summed E-state index contributed by atoms with van der Waals surface area (Å²) in [6.07, 6.45) is 1.05. The molecule has 0 radical (unpaired) electrons. The molecular weight excluding hydrogens is 214 g/mol. The summed E-state index contributed by atoms with van der Waals surface area (Å²) in [7, 11) is 4.17. The van der Waals surface area contributed by atoms with Gasteiger partial charge in [-0.3, -0.25) is 0 Å². The average Bonchev–Trinajstić information content (AvgIpc) is 2.15. The smallest absolute Gasteiger partial charge is 0.0406 e. The summed E-state index contributed by atoms with van der Waals surface area (Å²) in [5.74, 6) is 0.894. The van der Waals surface area contributed by atoms with Gasteiger partial charge in [0.15, 0.2) is 0 Å². The minimum Gasteiger partial charge on any atom is -0.302 e. The van der Waals surface area contributed by atoms with Crippen molar-refractivity contribution >= 4 is 24.2 Å². The van der Waals surface area contributed by atoms with E-state index in [9.17, 15) is 0 Å². The van der Waals surface area contributed by atoms with E-state index in [0.29, 0.717) is 6.04 Å². The Balaban J connectivity index is 2.82. The Kier molecular flexibility index (Phi) is 4.79. The summed E-state index contributed by atoms with van der Waals surface area (Å²) in [6, 6.07) is 8.47. The van der Waals surface area contributed by atoms with Crippen LogP contribution in [0.1, 0.15) is 18.0 Å². The van der Waals surface area contributed by atoms with E-state index in [4.69, 9.17) is 11.6 Å². The lowest BCUT2D eigenvalue weighted by Crippen LogP contribution is -2.20. The number of benzene rings is 1. The van der Waals surface area contributed by atoms with Crippen molar-refractivity contribution in [2.75, 3.05) is 19.8 Å². The van der Waals surface area contributed by atoms with E-state index < -0.39 is 0 Å². The first-order valence-corrected chi connectivity index (χ1v) is 5.69. The summed E-state index contributed by atoms with van der Waals surface area (Å²) in [6.45, 7) is 0. The molecular formula is C11H16ClNS. The third kappa shape index (κ3) is 3.19. The van der Waals surface area contributed by atoms with Crippen LogP contribution in [-0.2, 0) is 0 Å². The number of nitrogens with zero attached hydrogens (tertiary/aromatic N) is 1. The first-order valence-electron chi connectivity index (χ1n) is 4.68. The van der Waals surface area contributed by atoms with Crippen LogP contribution in [0.4, 0.5) is 0 Å². The standard InChI is InChI=1S/C11H16ClNS/c1-13(2)11(7-8-14)9-3-5-10(12)6-4-9/h3-6,11,14H,7-8H2,1-2H3. The van der Waals surface area contributed by atoms with Crippen LogP contribution < -0.4 is 0 Å². The zero-order valence-electron chi connectivity index (χ0n) is 8.57. The number of hydrogen-bond acceptors (Lipinski definition) is 2. The zero-order valence-corrected chi connectivity index (χ0v) is 10.2. The third-order valence-electron chi connectivity index (χ3n) is 2.28. The molecule has 0 N–H and O–H groups in total. The SMILES string of the molecule is CN(C)C(CCS)c1ccc(Cl)cc1. The fraction of sp³-hybridized carbons (Fsp3) is 0.455. The molecule has 0 amide bonds. The number of thiol groups is 1. The molecule has 78 valence electrons. The number of rotatable bonds is 4. The minimum atomic E-state index is 0.435. The summed E-state index contributed by atoms with van der Waals surface area (Å²) >= 11 is 10.1. The summed E-state index contributed by atoms with van der Waals surface area (Å²) in [4.78, 5) is 2.21. The van der Waals surface area contributed by atoms with Crippen LogP contribution in [0.2, 0.25) is 5.02 Å². The molecule has 0 heterocycles. The van der Waals surface area contributed by atoms with Gasteiger partial charge in [0.1, 0.15) is 0 Å². The van der Waals surface area contributed by atoms with Crippen molar-refractivity contribution in [1.29, 1.82) is 0 Å². The fourth-order valence-electron chi connectivity index (χ4n) is 1.53. The Morgan fingerprint density at radius 2 is 1.86 bits per heavy atom. The molecule has 0 saturated carbocycles. The largest absolute Gasteiger partial charge is 0.302 e. The Hall–Kier alpha value is -0.180. The van der Waals surface area contributed by atoms with Crippen LogP contribution in [0.15, 0.2) is 24.3 Å². The maximum atomic E-state index is 5.84. The first kappa shape index (κ1) is 11.9. The highest BCUT2D eigenvalue weighted by molar-refractivity contribution is 7.80. The highest BCUT2D eigenvalue weighted by atomic mass is 35.5. The first-order chi connectivity index (χ1) is 6.65. The Labute approximate surface area is 96.5 Å². The molecule has 1 nitrogen and oxygen atoms in total. The second-order valence-electron chi connectivity index (χ2n) is 3.54. The molecule has 3 heteroatoms. The van der Waals surface area contributed by atoms with Crippen molar-refractivity contribution in [1.82, 2.24) is 4.90 Å². The Morgan fingerprint density at radius 1 is 1.29 bits per heavy atom. The normalized spacial score (nSPS) is 13.2. The van der Waals surface area contributed by atoms with Gasteiger partial charge in [-0.1, -0.05) is 23.7 Å². The molecule has 0 saturated heterocycles. The molecule has 1 atom stereocenters. The lowest BCUT2D eigenvalue weighted by molar-refractivity contribution is 0.293. The number of hydrogen-bond donors (Lipinski definition) is 1. The van der Waals surface area contributed by atoms with Crippen LogP contribution in [0, 0.1) is 0 Å². The second-order valence-corrected chi connectivity index (χ2v) is 4.43. The molecule has 0 fully saturated rings. The van der Waals surface area contributed by atoms with Gasteiger partial charge < -0.3 is 4.90 Å². The zero-order chi connectivity index (χ0) is 10.6. The van der Waals surface area contributed by atoms with Crippen LogP contribution >= 0.6 is 24.2 Å². The van der Waals surface area contributed by atoms with Gasteiger partial charge in [-0.25, -0.2) is 0 Å². The van der Waals surface area contributed by atoms with E-state index in [1.165, 1.54) is 5.56 Å². The van der Waals surface area contributed by atoms with Gasteiger partial charge >= 0.3 is 0 Å². The third-order valence-corrected chi connectivity index (χ3v) is 2.79. The van der Waals surface area contributed by atoms with Gasteiger partial charge in [-0.05, 0) is 44.0 Å². The van der Waals surface area contributed by atoms with Gasteiger partial charge in [0, 0.05) is 11.1 Å². The van der Waals surface area contributed by atoms with Crippen LogP contribution in [0.25, 0.3) is 0 Å². The van der Waals surface area contributed by atoms with E-state index in [1.807, 2.05) is 12.1 Å². The van der Waals surface area contributed by atoms with Gasteiger partial charge in [0.25, 0.3) is 0 Å². The molecule has 0 aliphatic rings. The van der Waals surface area contributed by atoms with Crippen molar-refractivity contribution in [2.45, 2.75) is 12.5 Å². The van der Waals surface area contributed by atoms with Gasteiger partial charge in [-0.15, -0.1) is 0 Å². The highest BCUT2D eigenvalue weighted by Crippen LogP contribution is 2.23. The van der Waals surface area contributed by atoms with Crippen molar-refractivity contribution in [2.24, 2.45) is 0 Å². The predicted octanol–water partition coefficient (Wildman–Crippen LogP) is 3.26. The Bertz CT molecular complexity index is 271. The molecule has 1 rings (SSSR count). The minimum absolute atomic E-state index is 0.435. The molecule has 0 spiro atoms. The van der Waals surface area contributed by atoms with Crippen molar-refractivity contribution < 1.29 is 0 Å². The molecule has 0 aromatic heterocycles. The average molecular weight is 230 g/mol. The van der Waals surface area contributed by atoms with Gasteiger partial charge in [0.2, 0.25) is 0 Å². The van der Waals surface area contributed by atoms with Crippen molar-refractivity contribution in [3.8, 4) is 0 Å². The Morgan fingerprint density at radius 3 is 2.29 bits per heavy atom. The topological polar surface area (TPSA) is 3.24 Å². The predicted molar refractivity (Wildman–Crippen MR) is 66.4 cm³/mol. The van der Waals surface area contributed by atoms with Crippen LogP contribution in [0.5, 0.6) is 0 Å². The van der Waals surface area contributed by atoms with E-state index >= 15 is 0 Å². The quantitative estimate of drug-likeness (QED) is 0.776. The summed E-state index contributed by atoms with van der Waals surface area (Å²) in [5.41, 5.74) is 1.30. The van der Waals surface area contributed by atoms with Crippen LogP contribution in [-0.4, -0.2) is 24.7 Å². The highest BCUT2D eigenvalue weighted by Gasteiger charge is 2.12. The molecule has 0 aliphatic heterocycles.